The van der Waals surface area contributed by atoms with Crippen molar-refractivity contribution in [3.63, 3.8) is 0 Å². The lowest BCUT2D eigenvalue weighted by Gasteiger charge is -2.44. The second kappa shape index (κ2) is 10.9. The number of hydrogen-bond acceptors (Lipinski definition) is 8. The maximum absolute atomic E-state index is 12.5. The molecule has 9 heteroatoms. The van der Waals surface area contributed by atoms with Crippen molar-refractivity contribution in [2.24, 2.45) is 5.92 Å². The SMILES string of the molecule is COc1cc(-c2noc(CCC(=O)NCC3CCCN4CCCCC34)n2)cc(OC)c1OC. The summed E-state index contributed by atoms with van der Waals surface area (Å²) in [4.78, 5) is 19.5. The molecule has 0 bridgehead atoms. The topological polar surface area (TPSA) is 99.0 Å². The highest BCUT2D eigenvalue weighted by molar-refractivity contribution is 5.76. The molecule has 1 aromatic carbocycles. The fraction of sp³-hybridized carbons (Fsp3) is 0.625. The number of nitrogens with one attached hydrogen (secondary N) is 1. The maximum atomic E-state index is 12.5. The second-order valence-electron chi connectivity index (χ2n) is 8.73. The number of methoxy groups -OCH3 is 3. The van der Waals surface area contributed by atoms with Crippen molar-refractivity contribution in [2.45, 2.75) is 51.0 Å². The van der Waals surface area contributed by atoms with Gasteiger partial charge in [0.15, 0.2) is 11.5 Å². The van der Waals surface area contributed by atoms with E-state index in [1.54, 1.807) is 33.5 Å². The molecule has 180 valence electrons. The smallest absolute Gasteiger partial charge is 0.227 e. The molecular weight excluding hydrogens is 424 g/mol. The van der Waals surface area contributed by atoms with E-state index < -0.39 is 0 Å². The van der Waals surface area contributed by atoms with E-state index in [1.165, 1.54) is 45.2 Å². The van der Waals surface area contributed by atoms with E-state index in [9.17, 15) is 4.79 Å². The number of carbonyl (C=O) groups excluding carboxylic acids is 1. The van der Waals surface area contributed by atoms with Crippen LogP contribution < -0.4 is 19.5 Å². The summed E-state index contributed by atoms with van der Waals surface area (Å²) < 4.78 is 21.5. The predicted octanol–water partition coefficient (Wildman–Crippen LogP) is 3.08. The number of piperidine rings is 2. The number of rotatable bonds is 9. The van der Waals surface area contributed by atoms with E-state index in [-0.39, 0.29) is 5.91 Å². The molecule has 0 saturated carbocycles. The minimum atomic E-state index is 0.0236. The Bertz CT molecular complexity index is 920. The van der Waals surface area contributed by atoms with Gasteiger partial charge >= 0.3 is 0 Å². The van der Waals surface area contributed by atoms with Crippen molar-refractivity contribution < 1.29 is 23.5 Å². The van der Waals surface area contributed by atoms with Crippen LogP contribution in [0.15, 0.2) is 16.7 Å². The molecule has 1 N–H and O–H groups in total. The molecule has 2 aliphatic heterocycles. The van der Waals surface area contributed by atoms with Gasteiger partial charge in [-0.3, -0.25) is 4.79 Å². The lowest BCUT2D eigenvalue weighted by molar-refractivity contribution is -0.121. The van der Waals surface area contributed by atoms with Crippen molar-refractivity contribution in [2.75, 3.05) is 41.0 Å². The number of benzene rings is 1. The van der Waals surface area contributed by atoms with Crippen molar-refractivity contribution in [3.8, 4) is 28.6 Å². The maximum Gasteiger partial charge on any atom is 0.227 e. The Morgan fingerprint density at radius 3 is 2.58 bits per heavy atom. The molecule has 0 aliphatic carbocycles. The van der Waals surface area contributed by atoms with Crippen LogP contribution in [-0.2, 0) is 11.2 Å². The third kappa shape index (κ3) is 5.40. The number of ether oxygens (including phenoxy) is 3. The van der Waals surface area contributed by atoms with Gasteiger partial charge in [0.05, 0.1) is 21.3 Å². The first-order valence-corrected chi connectivity index (χ1v) is 11.8. The number of amides is 1. The van der Waals surface area contributed by atoms with E-state index in [0.29, 0.717) is 59.3 Å². The summed E-state index contributed by atoms with van der Waals surface area (Å²) in [5.74, 6) is 2.93. The first-order valence-electron chi connectivity index (χ1n) is 11.8. The van der Waals surface area contributed by atoms with Crippen LogP contribution in [-0.4, -0.2) is 68.0 Å². The molecule has 2 atom stereocenters. The Balaban J connectivity index is 1.31. The molecule has 2 unspecified atom stereocenters. The van der Waals surface area contributed by atoms with Gasteiger partial charge in [-0.05, 0) is 56.8 Å². The quantitative estimate of drug-likeness (QED) is 0.612. The van der Waals surface area contributed by atoms with Crippen molar-refractivity contribution in [3.05, 3.63) is 18.0 Å². The molecule has 1 aromatic heterocycles. The zero-order chi connectivity index (χ0) is 23.2. The van der Waals surface area contributed by atoms with Gasteiger partial charge in [0.2, 0.25) is 23.4 Å². The van der Waals surface area contributed by atoms with Gasteiger partial charge in [0.25, 0.3) is 0 Å². The molecule has 2 aliphatic rings. The van der Waals surface area contributed by atoms with Crippen LogP contribution in [0.1, 0.15) is 44.4 Å². The van der Waals surface area contributed by atoms with E-state index in [4.69, 9.17) is 18.7 Å². The fourth-order valence-corrected chi connectivity index (χ4v) is 5.05. The van der Waals surface area contributed by atoms with Crippen molar-refractivity contribution >= 4 is 5.91 Å². The van der Waals surface area contributed by atoms with Crippen molar-refractivity contribution in [1.82, 2.24) is 20.4 Å². The molecule has 0 spiro atoms. The molecule has 33 heavy (non-hydrogen) atoms. The zero-order valence-electron chi connectivity index (χ0n) is 19.8. The van der Waals surface area contributed by atoms with Gasteiger partial charge in [0.1, 0.15) is 0 Å². The van der Waals surface area contributed by atoms with Gasteiger partial charge in [0, 0.05) is 31.0 Å². The van der Waals surface area contributed by atoms with Crippen LogP contribution in [0.3, 0.4) is 0 Å². The van der Waals surface area contributed by atoms with E-state index >= 15 is 0 Å². The van der Waals surface area contributed by atoms with Crippen molar-refractivity contribution in [1.29, 1.82) is 0 Å². The largest absolute Gasteiger partial charge is 0.493 e. The lowest BCUT2D eigenvalue weighted by atomic mass is 9.83. The highest BCUT2D eigenvalue weighted by atomic mass is 16.5. The third-order valence-corrected chi connectivity index (χ3v) is 6.75. The van der Waals surface area contributed by atoms with Crippen LogP contribution in [0.4, 0.5) is 0 Å². The van der Waals surface area contributed by atoms with E-state index in [2.05, 4.69) is 20.4 Å². The number of aromatic nitrogens is 2. The first-order chi connectivity index (χ1) is 16.1. The minimum Gasteiger partial charge on any atom is -0.493 e. The van der Waals surface area contributed by atoms with Gasteiger partial charge in [-0.25, -0.2) is 0 Å². The molecule has 2 aromatic rings. The molecule has 9 nitrogen and oxygen atoms in total. The van der Waals surface area contributed by atoms with Crippen LogP contribution in [0.5, 0.6) is 17.2 Å². The first kappa shape index (κ1) is 23.4. The highest BCUT2D eigenvalue weighted by Gasteiger charge is 2.32. The monoisotopic (exact) mass is 458 g/mol. The number of fused-ring (bicyclic) bond motifs is 1. The number of carbonyl (C=O) groups is 1. The summed E-state index contributed by atoms with van der Waals surface area (Å²) in [6, 6.07) is 4.16. The van der Waals surface area contributed by atoms with Gasteiger partial charge < -0.3 is 29.0 Å². The summed E-state index contributed by atoms with van der Waals surface area (Å²) in [5, 5.41) is 7.19. The molecule has 1 amide bonds. The minimum absolute atomic E-state index is 0.0236. The standard InChI is InChI=1S/C24H34N4O5/c1-30-19-13-17(14-20(31-2)23(19)32-3)24-26-22(33-27-24)10-9-21(29)25-15-16-7-6-12-28-11-5-4-8-18(16)28/h13-14,16,18H,4-12,15H2,1-3H3,(H,25,29). The number of aryl methyl sites for hydroxylation is 1. The highest BCUT2D eigenvalue weighted by Crippen LogP contribution is 2.40. The Morgan fingerprint density at radius 2 is 1.85 bits per heavy atom. The van der Waals surface area contributed by atoms with E-state index in [1.807, 2.05) is 0 Å². The summed E-state index contributed by atoms with van der Waals surface area (Å²) in [5.41, 5.74) is 0.679. The third-order valence-electron chi connectivity index (χ3n) is 6.75. The lowest BCUT2D eigenvalue weighted by Crippen LogP contribution is -2.51. The number of nitrogens with zero attached hydrogens (tertiary/aromatic N) is 3. The number of hydrogen-bond donors (Lipinski definition) is 1. The summed E-state index contributed by atoms with van der Waals surface area (Å²) in [6.07, 6.45) is 6.99. The van der Waals surface area contributed by atoms with Crippen LogP contribution >= 0.6 is 0 Å². The summed E-state index contributed by atoms with van der Waals surface area (Å²) in [7, 11) is 4.66. The Labute approximate surface area is 194 Å². The van der Waals surface area contributed by atoms with Crippen LogP contribution in [0, 0.1) is 5.92 Å². The summed E-state index contributed by atoms with van der Waals surface area (Å²) >= 11 is 0. The van der Waals surface area contributed by atoms with E-state index in [0.717, 1.165) is 6.54 Å². The second-order valence-corrected chi connectivity index (χ2v) is 8.73. The Kier molecular flexibility index (Phi) is 7.69. The average molecular weight is 459 g/mol. The zero-order valence-corrected chi connectivity index (χ0v) is 19.8. The molecule has 4 rings (SSSR count). The summed E-state index contributed by atoms with van der Waals surface area (Å²) in [6.45, 7) is 3.17. The Morgan fingerprint density at radius 1 is 1.09 bits per heavy atom. The van der Waals surface area contributed by atoms with Crippen LogP contribution in [0.2, 0.25) is 0 Å². The predicted molar refractivity (Wildman–Crippen MR) is 123 cm³/mol. The molecule has 3 heterocycles. The van der Waals surface area contributed by atoms with Gasteiger partial charge in [-0.1, -0.05) is 11.6 Å². The van der Waals surface area contributed by atoms with Gasteiger partial charge in [-0.2, -0.15) is 4.98 Å². The molecule has 2 saturated heterocycles. The van der Waals surface area contributed by atoms with Gasteiger partial charge in [-0.15, -0.1) is 0 Å². The Hall–Kier alpha value is -2.81. The average Bonchev–Trinajstić information content (AvgIpc) is 3.34. The molecule has 0 radical (unpaired) electrons. The normalized spacial score (nSPS) is 20.7. The fourth-order valence-electron chi connectivity index (χ4n) is 5.05. The molecule has 2 fully saturated rings. The van der Waals surface area contributed by atoms with Crippen LogP contribution in [0.25, 0.3) is 11.4 Å². The molecular formula is C24H34N4O5.